The number of carbonyl (C=O) groups is 3. The monoisotopic (exact) mass is 344 g/mol. The number of nitrogens with one attached hydrogen (secondary N) is 2. The third-order valence-electron chi connectivity index (χ3n) is 2.72. The molecule has 0 aliphatic rings. The first-order valence-corrected chi connectivity index (χ1v) is 7.82. The van der Waals surface area contributed by atoms with Gasteiger partial charge in [0.25, 0.3) is 5.91 Å². The number of ether oxygens (including phenoxy) is 2. The van der Waals surface area contributed by atoms with Crippen LogP contribution in [0, 0.1) is 0 Å². The number of hydrogen-bond donors (Lipinski definition) is 3. The number of aliphatic hydroxyl groups is 1. The van der Waals surface area contributed by atoms with Gasteiger partial charge in [-0.25, -0.2) is 4.79 Å². The van der Waals surface area contributed by atoms with Gasteiger partial charge in [0.1, 0.15) is 18.8 Å². The largest absolute Gasteiger partial charge is 0.460 e. The van der Waals surface area contributed by atoms with E-state index in [4.69, 9.17) is 9.47 Å². The van der Waals surface area contributed by atoms with E-state index in [-0.39, 0.29) is 13.2 Å². The van der Waals surface area contributed by atoms with Gasteiger partial charge >= 0.3 is 12.1 Å². The minimum Gasteiger partial charge on any atom is -0.460 e. The molecule has 0 rings (SSSR count). The zero-order valence-corrected chi connectivity index (χ0v) is 14.8. The lowest BCUT2D eigenvalue weighted by molar-refractivity contribution is -0.144. The minimum atomic E-state index is -1.51. The lowest BCUT2D eigenvalue weighted by Gasteiger charge is -2.26. The van der Waals surface area contributed by atoms with Crippen molar-refractivity contribution in [3.05, 3.63) is 12.7 Å². The van der Waals surface area contributed by atoms with Crippen molar-refractivity contribution in [2.24, 2.45) is 0 Å². The van der Waals surface area contributed by atoms with Gasteiger partial charge in [-0.05, 0) is 27.2 Å². The van der Waals surface area contributed by atoms with Crippen molar-refractivity contribution < 1.29 is 29.0 Å². The fourth-order valence-electron chi connectivity index (χ4n) is 1.73. The lowest BCUT2D eigenvalue weighted by atomic mass is 10.1. The molecule has 0 aromatic carbocycles. The van der Waals surface area contributed by atoms with Crippen LogP contribution in [0.4, 0.5) is 4.79 Å². The summed E-state index contributed by atoms with van der Waals surface area (Å²) in [4.78, 5) is 35.0. The van der Waals surface area contributed by atoms with Crippen molar-refractivity contribution in [3.63, 3.8) is 0 Å². The van der Waals surface area contributed by atoms with Gasteiger partial charge in [0, 0.05) is 0 Å². The van der Waals surface area contributed by atoms with Crippen LogP contribution in [0.5, 0.6) is 0 Å². The average molecular weight is 344 g/mol. The Morgan fingerprint density at radius 2 is 1.92 bits per heavy atom. The summed E-state index contributed by atoms with van der Waals surface area (Å²) >= 11 is 0. The standard InChI is InChI=1S/C16H28N2O6/c1-6-8-11(18-15(22)24-16(3,4)5)13(20)14(21)17-10-12(19)23-9-7-2/h7,11,13,20H,2,6,8-10H2,1,3-5H3,(H,17,21)(H,18,22). The fourth-order valence-corrected chi connectivity index (χ4v) is 1.73. The van der Waals surface area contributed by atoms with Gasteiger partial charge in [0.05, 0.1) is 6.04 Å². The molecule has 0 fully saturated rings. The Kier molecular flexibility index (Phi) is 9.71. The van der Waals surface area contributed by atoms with Crippen LogP contribution in [0.15, 0.2) is 12.7 Å². The molecule has 3 N–H and O–H groups in total. The summed E-state index contributed by atoms with van der Waals surface area (Å²) in [5, 5.41) is 14.8. The molecule has 0 spiro atoms. The molecule has 0 heterocycles. The molecule has 8 heteroatoms. The average Bonchev–Trinajstić information content (AvgIpc) is 2.47. The second-order valence-electron chi connectivity index (χ2n) is 6.18. The fraction of sp³-hybridized carbons (Fsp3) is 0.688. The van der Waals surface area contributed by atoms with Crippen LogP contribution < -0.4 is 10.6 Å². The van der Waals surface area contributed by atoms with Crippen LogP contribution in [0.3, 0.4) is 0 Å². The summed E-state index contributed by atoms with van der Waals surface area (Å²) in [6.45, 7) is 10.0. The lowest BCUT2D eigenvalue weighted by Crippen LogP contribution is -2.52. The van der Waals surface area contributed by atoms with E-state index in [2.05, 4.69) is 17.2 Å². The van der Waals surface area contributed by atoms with E-state index in [1.807, 2.05) is 6.92 Å². The molecule has 2 atom stereocenters. The SMILES string of the molecule is C=CCOC(=O)CNC(=O)C(O)C(CCC)NC(=O)OC(C)(C)C. The molecule has 0 radical (unpaired) electrons. The maximum absolute atomic E-state index is 11.9. The van der Waals surface area contributed by atoms with Gasteiger partial charge in [0.15, 0.2) is 6.10 Å². The predicted octanol–water partition coefficient (Wildman–Crippen LogP) is 0.886. The van der Waals surface area contributed by atoms with Crippen molar-refractivity contribution in [1.82, 2.24) is 10.6 Å². The van der Waals surface area contributed by atoms with E-state index in [1.165, 1.54) is 6.08 Å². The Bertz CT molecular complexity index is 444. The summed E-state index contributed by atoms with van der Waals surface area (Å²) in [6.07, 6.45) is 0.167. The molecule has 0 aliphatic carbocycles. The molecule has 0 aromatic heterocycles. The predicted molar refractivity (Wildman–Crippen MR) is 88.2 cm³/mol. The Morgan fingerprint density at radius 3 is 2.42 bits per heavy atom. The van der Waals surface area contributed by atoms with Crippen LogP contribution in [-0.2, 0) is 19.1 Å². The minimum absolute atomic E-state index is 0.0376. The smallest absolute Gasteiger partial charge is 0.407 e. The Morgan fingerprint density at radius 1 is 1.29 bits per heavy atom. The first kappa shape index (κ1) is 21.9. The number of alkyl carbamates (subject to hydrolysis) is 1. The van der Waals surface area contributed by atoms with Crippen molar-refractivity contribution in [3.8, 4) is 0 Å². The highest BCUT2D eigenvalue weighted by atomic mass is 16.6. The first-order chi connectivity index (χ1) is 11.1. The maximum Gasteiger partial charge on any atom is 0.407 e. The molecule has 0 saturated heterocycles. The molecule has 0 bridgehead atoms. The van der Waals surface area contributed by atoms with E-state index in [1.54, 1.807) is 20.8 Å². The van der Waals surface area contributed by atoms with Crippen LogP contribution in [0.1, 0.15) is 40.5 Å². The number of rotatable bonds is 9. The van der Waals surface area contributed by atoms with Crippen LogP contribution >= 0.6 is 0 Å². The summed E-state index contributed by atoms with van der Waals surface area (Å²) < 4.78 is 9.82. The highest BCUT2D eigenvalue weighted by Crippen LogP contribution is 2.09. The third kappa shape index (κ3) is 9.83. The highest BCUT2D eigenvalue weighted by molar-refractivity contribution is 5.85. The molecule has 0 saturated carbocycles. The summed E-state index contributed by atoms with van der Waals surface area (Å²) in [5.41, 5.74) is -0.691. The molecule has 24 heavy (non-hydrogen) atoms. The van der Waals surface area contributed by atoms with Gasteiger partial charge in [-0.1, -0.05) is 26.0 Å². The van der Waals surface area contributed by atoms with E-state index in [0.29, 0.717) is 12.8 Å². The van der Waals surface area contributed by atoms with Gasteiger partial charge in [-0.3, -0.25) is 9.59 Å². The summed E-state index contributed by atoms with van der Waals surface area (Å²) in [5.74, 6) is -1.43. The number of amides is 2. The molecule has 0 aromatic rings. The summed E-state index contributed by atoms with van der Waals surface area (Å²) in [7, 11) is 0. The van der Waals surface area contributed by atoms with Gasteiger partial charge < -0.3 is 25.2 Å². The molecular weight excluding hydrogens is 316 g/mol. The topological polar surface area (TPSA) is 114 Å². The van der Waals surface area contributed by atoms with Crippen molar-refractivity contribution in [2.45, 2.75) is 58.3 Å². The molecule has 8 nitrogen and oxygen atoms in total. The molecule has 2 unspecified atom stereocenters. The third-order valence-corrected chi connectivity index (χ3v) is 2.72. The maximum atomic E-state index is 11.9. The second kappa shape index (κ2) is 10.6. The van der Waals surface area contributed by atoms with Gasteiger partial charge in [-0.15, -0.1) is 0 Å². The quantitative estimate of drug-likeness (QED) is 0.423. The molecule has 138 valence electrons. The van der Waals surface area contributed by atoms with Crippen molar-refractivity contribution in [2.75, 3.05) is 13.2 Å². The Labute approximate surface area is 142 Å². The van der Waals surface area contributed by atoms with E-state index >= 15 is 0 Å². The second-order valence-corrected chi connectivity index (χ2v) is 6.18. The van der Waals surface area contributed by atoms with Crippen LogP contribution in [0.2, 0.25) is 0 Å². The van der Waals surface area contributed by atoms with E-state index in [9.17, 15) is 19.5 Å². The van der Waals surface area contributed by atoms with Crippen molar-refractivity contribution >= 4 is 18.0 Å². The van der Waals surface area contributed by atoms with Crippen molar-refractivity contribution in [1.29, 1.82) is 0 Å². The first-order valence-electron chi connectivity index (χ1n) is 7.82. The summed E-state index contributed by atoms with van der Waals surface area (Å²) in [6, 6.07) is -0.825. The van der Waals surface area contributed by atoms with E-state index in [0.717, 1.165) is 0 Å². The zero-order valence-electron chi connectivity index (χ0n) is 14.8. The van der Waals surface area contributed by atoms with Crippen LogP contribution in [-0.4, -0.2) is 54.0 Å². The Balaban J connectivity index is 4.57. The van der Waals surface area contributed by atoms with Crippen LogP contribution in [0.25, 0.3) is 0 Å². The molecular formula is C16H28N2O6. The normalized spacial score (nSPS) is 13.4. The van der Waals surface area contributed by atoms with Gasteiger partial charge in [-0.2, -0.15) is 0 Å². The highest BCUT2D eigenvalue weighted by Gasteiger charge is 2.29. The Hall–Kier alpha value is -2.09. The zero-order chi connectivity index (χ0) is 18.8. The molecule has 2 amide bonds. The van der Waals surface area contributed by atoms with E-state index < -0.39 is 35.7 Å². The number of aliphatic hydroxyl groups excluding tert-OH is 1. The number of carbonyl (C=O) groups excluding carboxylic acids is 3. The van der Waals surface area contributed by atoms with Gasteiger partial charge in [0.2, 0.25) is 0 Å². The number of esters is 1. The number of hydrogen-bond acceptors (Lipinski definition) is 6. The molecule has 0 aliphatic heterocycles.